The highest BCUT2D eigenvalue weighted by Gasteiger charge is 2.35. The molecule has 0 saturated heterocycles. The van der Waals surface area contributed by atoms with Crippen LogP contribution in [0.3, 0.4) is 0 Å². The van der Waals surface area contributed by atoms with Gasteiger partial charge in [0.15, 0.2) is 0 Å². The van der Waals surface area contributed by atoms with Crippen molar-refractivity contribution >= 4 is 0 Å². The van der Waals surface area contributed by atoms with Gasteiger partial charge in [0, 0.05) is 0 Å². The van der Waals surface area contributed by atoms with Gasteiger partial charge < -0.3 is 0 Å². The van der Waals surface area contributed by atoms with Crippen LogP contribution in [0.1, 0.15) is 58.6 Å². The minimum atomic E-state index is 0.319. The molecule has 0 amide bonds. The van der Waals surface area contributed by atoms with Crippen LogP contribution in [0.4, 0.5) is 0 Å². The van der Waals surface area contributed by atoms with Crippen molar-refractivity contribution in [3.8, 4) is 0 Å². The van der Waals surface area contributed by atoms with Crippen molar-refractivity contribution in [1.29, 1.82) is 0 Å². The summed E-state index contributed by atoms with van der Waals surface area (Å²) in [4.78, 5) is 0. The molecule has 2 aromatic carbocycles. The number of hydrogen-bond acceptors (Lipinski definition) is 0. The molecule has 0 N–H and O–H groups in total. The van der Waals surface area contributed by atoms with E-state index in [1.807, 2.05) is 0 Å². The molecule has 0 heterocycles. The summed E-state index contributed by atoms with van der Waals surface area (Å²) >= 11 is 0. The maximum Gasteiger partial charge on any atom is -0.0222 e. The van der Waals surface area contributed by atoms with Crippen molar-refractivity contribution in [2.45, 2.75) is 60.3 Å². The Morgan fingerprint density at radius 1 is 0.800 bits per heavy atom. The van der Waals surface area contributed by atoms with E-state index in [1.54, 1.807) is 0 Å². The van der Waals surface area contributed by atoms with Crippen molar-refractivity contribution in [2.24, 2.45) is 23.2 Å². The maximum absolute atomic E-state index is 2.52. The van der Waals surface area contributed by atoms with Crippen LogP contribution in [-0.4, -0.2) is 0 Å². The quantitative estimate of drug-likeness (QED) is 0.454. The number of rotatable bonds is 9. The van der Waals surface area contributed by atoms with Crippen LogP contribution in [0.15, 0.2) is 60.7 Å². The lowest BCUT2D eigenvalue weighted by molar-refractivity contribution is 0.0987. The van der Waals surface area contributed by atoms with E-state index in [2.05, 4.69) is 95.3 Å². The lowest BCUT2D eigenvalue weighted by Crippen LogP contribution is -2.35. The molecule has 136 valence electrons. The van der Waals surface area contributed by atoms with Gasteiger partial charge in [-0.15, -0.1) is 0 Å². The lowest BCUT2D eigenvalue weighted by atomic mass is 9.63. The van der Waals surface area contributed by atoms with E-state index in [1.165, 1.54) is 36.8 Å². The summed E-state index contributed by atoms with van der Waals surface area (Å²) in [6, 6.07) is 22.0. The largest absolute Gasteiger partial charge is 0.0651 e. The van der Waals surface area contributed by atoms with Crippen molar-refractivity contribution in [3.05, 3.63) is 71.8 Å². The molecule has 0 radical (unpaired) electrons. The van der Waals surface area contributed by atoms with Gasteiger partial charge >= 0.3 is 0 Å². The van der Waals surface area contributed by atoms with E-state index in [0.717, 1.165) is 11.8 Å². The van der Waals surface area contributed by atoms with Gasteiger partial charge in [-0.2, -0.15) is 0 Å². The average Bonchev–Trinajstić information content (AvgIpc) is 2.66. The third-order valence-electron chi connectivity index (χ3n) is 6.71. The van der Waals surface area contributed by atoms with Crippen LogP contribution in [0.5, 0.6) is 0 Å². The predicted molar refractivity (Wildman–Crippen MR) is 111 cm³/mol. The van der Waals surface area contributed by atoms with Crippen LogP contribution >= 0.6 is 0 Å². The van der Waals surface area contributed by atoms with E-state index in [0.29, 0.717) is 11.3 Å². The summed E-state index contributed by atoms with van der Waals surface area (Å²) in [5.41, 5.74) is 3.26. The minimum absolute atomic E-state index is 0.319. The fourth-order valence-corrected chi connectivity index (χ4v) is 4.11. The van der Waals surface area contributed by atoms with Gasteiger partial charge in [0.1, 0.15) is 0 Å². The summed E-state index contributed by atoms with van der Waals surface area (Å²) < 4.78 is 0. The van der Waals surface area contributed by atoms with E-state index >= 15 is 0 Å². The van der Waals surface area contributed by atoms with Crippen LogP contribution in [-0.2, 0) is 12.8 Å². The molecule has 2 aromatic rings. The summed E-state index contributed by atoms with van der Waals surface area (Å²) in [7, 11) is 0. The predicted octanol–water partition coefficient (Wildman–Crippen LogP) is 7.19. The zero-order valence-electron chi connectivity index (χ0n) is 16.8. The van der Waals surface area contributed by atoms with Crippen molar-refractivity contribution < 1.29 is 0 Å². The molecule has 0 aliphatic carbocycles. The lowest BCUT2D eigenvalue weighted by Gasteiger charge is -2.41. The smallest absolute Gasteiger partial charge is 0.0222 e. The summed E-state index contributed by atoms with van der Waals surface area (Å²) in [6.45, 7) is 12.2. The molecule has 0 spiro atoms. The standard InChI is InChI=1S/C25H36/c1-6-20(2)21(3)22(4)25(5,19-24-15-11-8-12-16-24)18-17-23-13-9-7-10-14-23/h7-16,20-22H,6,17-19H2,1-5H3. The molecular weight excluding hydrogens is 300 g/mol. The molecule has 0 heteroatoms. The normalized spacial score (nSPS) is 17.5. The first-order valence-electron chi connectivity index (χ1n) is 10.0. The Hall–Kier alpha value is -1.56. The van der Waals surface area contributed by atoms with Gasteiger partial charge in [0.2, 0.25) is 0 Å². The Morgan fingerprint density at radius 3 is 1.84 bits per heavy atom. The molecule has 0 fully saturated rings. The summed E-state index contributed by atoms with van der Waals surface area (Å²) in [6.07, 6.45) is 4.85. The molecule has 0 aliphatic heterocycles. The minimum Gasteiger partial charge on any atom is -0.0651 e. The van der Waals surface area contributed by atoms with Gasteiger partial charge in [0.25, 0.3) is 0 Å². The molecular formula is C25H36. The van der Waals surface area contributed by atoms with Crippen LogP contribution in [0, 0.1) is 23.2 Å². The summed E-state index contributed by atoms with van der Waals surface area (Å²) in [5.74, 6) is 2.22. The van der Waals surface area contributed by atoms with Crippen LogP contribution < -0.4 is 0 Å². The number of benzene rings is 2. The Morgan fingerprint density at radius 2 is 1.32 bits per heavy atom. The second-order valence-corrected chi connectivity index (χ2v) is 8.34. The highest BCUT2D eigenvalue weighted by molar-refractivity contribution is 5.18. The molecule has 2 rings (SSSR count). The molecule has 4 unspecified atom stereocenters. The van der Waals surface area contributed by atoms with E-state index < -0.39 is 0 Å². The molecule has 0 nitrogen and oxygen atoms in total. The second kappa shape index (κ2) is 9.22. The first kappa shape index (κ1) is 19.8. The Bertz CT molecular complexity index is 600. The van der Waals surface area contributed by atoms with E-state index in [9.17, 15) is 0 Å². The number of hydrogen-bond donors (Lipinski definition) is 0. The Balaban J connectivity index is 2.20. The summed E-state index contributed by atoms with van der Waals surface area (Å²) in [5, 5.41) is 0. The first-order valence-corrected chi connectivity index (χ1v) is 10.0. The zero-order valence-corrected chi connectivity index (χ0v) is 16.8. The van der Waals surface area contributed by atoms with Crippen molar-refractivity contribution in [3.63, 3.8) is 0 Å². The highest BCUT2D eigenvalue weighted by Crippen LogP contribution is 2.42. The Labute approximate surface area is 155 Å². The fourth-order valence-electron chi connectivity index (χ4n) is 4.11. The molecule has 25 heavy (non-hydrogen) atoms. The van der Waals surface area contributed by atoms with Gasteiger partial charge in [0.05, 0.1) is 0 Å². The maximum atomic E-state index is 2.52. The zero-order chi connectivity index (χ0) is 18.3. The molecule has 0 aromatic heterocycles. The van der Waals surface area contributed by atoms with Gasteiger partial charge in [-0.25, -0.2) is 0 Å². The van der Waals surface area contributed by atoms with Gasteiger partial charge in [-0.05, 0) is 53.6 Å². The van der Waals surface area contributed by atoms with Gasteiger partial charge in [-0.1, -0.05) is 102 Å². The third-order valence-corrected chi connectivity index (χ3v) is 6.71. The first-order chi connectivity index (χ1) is 12.0. The van der Waals surface area contributed by atoms with Gasteiger partial charge in [-0.3, -0.25) is 0 Å². The topological polar surface area (TPSA) is 0 Å². The fraction of sp³-hybridized carbons (Fsp3) is 0.520. The van der Waals surface area contributed by atoms with Crippen molar-refractivity contribution in [2.75, 3.05) is 0 Å². The van der Waals surface area contributed by atoms with E-state index in [-0.39, 0.29) is 0 Å². The van der Waals surface area contributed by atoms with E-state index in [4.69, 9.17) is 0 Å². The molecule has 0 saturated carbocycles. The van der Waals surface area contributed by atoms with Crippen LogP contribution in [0.2, 0.25) is 0 Å². The average molecular weight is 337 g/mol. The number of aryl methyl sites for hydroxylation is 1. The molecule has 4 atom stereocenters. The molecule has 0 bridgehead atoms. The second-order valence-electron chi connectivity index (χ2n) is 8.34. The Kier molecular flexibility index (Phi) is 7.29. The highest BCUT2D eigenvalue weighted by atomic mass is 14.4. The third kappa shape index (κ3) is 5.46. The SMILES string of the molecule is CCC(C)C(C)C(C)C(C)(CCc1ccccc1)Cc1ccccc1. The monoisotopic (exact) mass is 336 g/mol. The molecule has 0 aliphatic rings. The van der Waals surface area contributed by atoms with Crippen molar-refractivity contribution in [1.82, 2.24) is 0 Å². The van der Waals surface area contributed by atoms with Crippen LogP contribution in [0.25, 0.3) is 0 Å².